The molecule has 0 radical (unpaired) electrons. The second-order valence-corrected chi connectivity index (χ2v) is 9.14. The number of carbonyl (C=O) groups excluding carboxylic acids is 1. The summed E-state index contributed by atoms with van der Waals surface area (Å²) in [5.74, 6) is 0.659. The van der Waals surface area contributed by atoms with Gasteiger partial charge in [-0.25, -0.2) is 8.78 Å². The molecule has 3 aliphatic heterocycles. The van der Waals surface area contributed by atoms with Gasteiger partial charge >= 0.3 is 0 Å². The van der Waals surface area contributed by atoms with Crippen LogP contribution in [0.25, 0.3) is 0 Å². The van der Waals surface area contributed by atoms with Gasteiger partial charge in [0, 0.05) is 22.9 Å². The Balaban J connectivity index is 1.36. The van der Waals surface area contributed by atoms with Crippen LogP contribution in [0.15, 0.2) is 60.7 Å². The molecule has 3 aromatic rings. The maximum atomic E-state index is 15.2. The van der Waals surface area contributed by atoms with Gasteiger partial charge in [0.15, 0.2) is 6.17 Å². The molecule has 0 saturated heterocycles. The van der Waals surface area contributed by atoms with Crippen LogP contribution in [0.5, 0.6) is 11.5 Å². The summed E-state index contributed by atoms with van der Waals surface area (Å²) in [6.07, 6.45) is 0.210. The van der Waals surface area contributed by atoms with Gasteiger partial charge in [0.2, 0.25) is 5.91 Å². The molecule has 0 N–H and O–H groups in total. The van der Waals surface area contributed by atoms with Crippen LogP contribution in [0.4, 0.5) is 14.5 Å². The van der Waals surface area contributed by atoms with Crippen molar-refractivity contribution >= 4 is 11.6 Å². The molecule has 2 spiro atoms. The van der Waals surface area contributed by atoms with Gasteiger partial charge in [-0.1, -0.05) is 30.3 Å². The van der Waals surface area contributed by atoms with Crippen LogP contribution in [-0.4, -0.2) is 18.1 Å². The number of carbonyl (C=O) groups is 1. The Morgan fingerprint density at radius 2 is 1.78 bits per heavy atom. The zero-order valence-corrected chi connectivity index (χ0v) is 17.1. The highest BCUT2D eigenvalue weighted by Crippen LogP contribution is 2.61. The number of nitrogens with zero attached hydrogens (tertiary/aromatic N) is 1. The Hall–Kier alpha value is -3.41. The third kappa shape index (κ3) is 2.17. The summed E-state index contributed by atoms with van der Waals surface area (Å²) in [6.45, 7) is 0.471. The molecule has 1 fully saturated rings. The van der Waals surface area contributed by atoms with Gasteiger partial charge < -0.3 is 14.4 Å². The molecule has 3 aromatic carbocycles. The molecular weight excluding hydrogens is 412 g/mol. The van der Waals surface area contributed by atoms with E-state index >= 15 is 4.39 Å². The summed E-state index contributed by atoms with van der Waals surface area (Å²) in [5.41, 5.74) is 1.92. The van der Waals surface area contributed by atoms with Crippen LogP contribution in [0, 0.1) is 5.82 Å². The number of benzene rings is 3. The van der Waals surface area contributed by atoms with Crippen molar-refractivity contribution in [3.05, 3.63) is 88.7 Å². The number of halogens is 2. The number of para-hydroxylation sites is 1. The SMILES string of the molecule is O=C1N(Cc2ccc(F)cc2)c2ccccc2C12COc1cc3c(cc12)C(F)C1(CC1)O3. The summed E-state index contributed by atoms with van der Waals surface area (Å²) in [7, 11) is 0. The Bertz CT molecular complexity index is 1300. The van der Waals surface area contributed by atoms with Crippen molar-refractivity contribution in [1.82, 2.24) is 0 Å². The third-order valence-corrected chi connectivity index (χ3v) is 7.33. The average Bonchev–Trinajstić information content (AvgIpc) is 3.34. The molecule has 1 saturated carbocycles. The van der Waals surface area contributed by atoms with E-state index in [1.807, 2.05) is 24.3 Å². The third-order valence-electron chi connectivity index (χ3n) is 7.33. The van der Waals surface area contributed by atoms with E-state index in [2.05, 4.69) is 0 Å². The number of hydrogen-bond acceptors (Lipinski definition) is 3. The first-order valence-electron chi connectivity index (χ1n) is 10.8. The normalized spacial score (nSPS) is 25.5. The Morgan fingerprint density at radius 3 is 2.56 bits per heavy atom. The van der Waals surface area contributed by atoms with Crippen molar-refractivity contribution in [2.24, 2.45) is 0 Å². The first kappa shape index (κ1) is 18.2. The van der Waals surface area contributed by atoms with E-state index in [0.29, 0.717) is 42.0 Å². The molecule has 32 heavy (non-hydrogen) atoms. The van der Waals surface area contributed by atoms with Crippen LogP contribution in [-0.2, 0) is 16.8 Å². The van der Waals surface area contributed by atoms with Gasteiger partial charge in [0.1, 0.15) is 34.9 Å². The summed E-state index contributed by atoms with van der Waals surface area (Å²) < 4.78 is 40.5. The van der Waals surface area contributed by atoms with E-state index in [1.165, 1.54) is 12.1 Å². The second kappa shape index (κ2) is 5.88. The minimum absolute atomic E-state index is 0.114. The van der Waals surface area contributed by atoms with Crippen LogP contribution in [0.2, 0.25) is 0 Å². The van der Waals surface area contributed by atoms with E-state index in [0.717, 1.165) is 16.8 Å². The van der Waals surface area contributed by atoms with Crippen LogP contribution in [0.1, 0.15) is 41.3 Å². The maximum Gasteiger partial charge on any atom is 0.246 e. The molecular formula is C26H19F2NO3. The maximum absolute atomic E-state index is 15.2. The monoisotopic (exact) mass is 431 g/mol. The summed E-state index contributed by atoms with van der Waals surface area (Å²) >= 11 is 0. The number of rotatable bonds is 2. The molecule has 0 bridgehead atoms. The molecule has 6 heteroatoms. The van der Waals surface area contributed by atoms with Gasteiger partial charge in [0.25, 0.3) is 0 Å². The quantitative estimate of drug-likeness (QED) is 0.574. The standard InChI is InChI=1S/C26H19F2NO3/c27-16-7-5-15(6-8-16)13-29-20-4-2-1-3-18(20)26(24(29)30)14-31-22-12-21-17(11-19(22)26)23(28)25(32-21)9-10-25/h1-8,11-12,23H,9-10,13-14H2. The predicted molar refractivity (Wildman–Crippen MR) is 113 cm³/mol. The first-order chi connectivity index (χ1) is 15.5. The summed E-state index contributed by atoms with van der Waals surface area (Å²) in [4.78, 5) is 15.7. The van der Waals surface area contributed by atoms with Crippen molar-refractivity contribution in [2.75, 3.05) is 11.5 Å². The lowest BCUT2D eigenvalue weighted by Crippen LogP contribution is -2.42. The minimum Gasteiger partial charge on any atom is -0.491 e. The molecule has 160 valence electrons. The van der Waals surface area contributed by atoms with Crippen molar-refractivity contribution in [1.29, 1.82) is 0 Å². The molecule has 3 heterocycles. The van der Waals surface area contributed by atoms with Crippen LogP contribution >= 0.6 is 0 Å². The highest BCUT2D eigenvalue weighted by atomic mass is 19.1. The number of ether oxygens (including phenoxy) is 2. The van der Waals surface area contributed by atoms with Crippen molar-refractivity contribution in [3.63, 3.8) is 0 Å². The Kier molecular flexibility index (Phi) is 3.34. The first-order valence-corrected chi connectivity index (χ1v) is 10.8. The molecule has 2 unspecified atom stereocenters. The predicted octanol–water partition coefficient (Wildman–Crippen LogP) is 4.99. The molecule has 1 aliphatic carbocycles. The number of hydrogen-bond donors (Lipinski definition) is 0. The van der Waals surface area contributed by atoms with E-state index in [-0.39, 0.29) is 18.3 Å². The summed E-state index contributed by atoms with van der Waals surface area (Å²) in [5, 5.41) is 0. The number of alkyl halides is 1. The highest BCUT2D eigenvalue weighted by molar-refractivity contribution is 6.11. The summed E-state index contributed by atoms with van der Waals surface area (Å²) in [6, 6.07) is 17.3. The molecule has 0 aromatic heterocycles. The van der Waals surface area contributed by atoms with Crippen LogP contribution in [0.3, 0.4) is 0 Å². The fourth-order valence-electron chi connectivity index (χ4n) is 5.47. The van der Waals surface area contributed by atoms with Gasteiger partial charge in [-0.05, 0) is 48.2 Å². The zero-order valence-electron chi connectivity index (χ0n) is 17.1. The fraction of sp³-hybridized carbons (Fsp3) is 0.269. The highest BCUT2D eigenvalue weighted by Gasteiger charge is 2.61. The van der Waals surface area contributed by atoms with E-state index in [4.69, 9.17) is 9.47 Å². The zero-order chi connectivity index (χ0) is 21.7. The molecule has 2 atom stereocenters. The number of fused-ring (bicyclic) bond motifs is 5. The molecule has 7 rings (SSSR count). The second-order valence-electron chi connectivity index (χ2n) is 9.14. The van der Waals surface area contributed by atoms with Crippen molar-refractivity contribution < 1.29 is 23.0 Å². The van der Waals surface area contributed by atoms with E-state index in [9.17, 15) is 9.18 Å². The molecule has 4 aliphatic rings. The Labute approximate surface area is 183 Å². The number of amides is 1. The largest absolute Gasteiger partial charge is 0.491 e. The van der Waals surface area contributed by atoms with Gasteiger partial charge in [-0.15, -0.1) is 0 Å². The lowest BCUT2D eigenvalue weighted by molar-refractivity contribution is -0.122. The Morgan fingerprint density at radius 1 is 1.00 bits per heavy atom. The smallest absolute Gasteiger partial charge is 0.246 e. The van der Waals surface area contributed by atoms with E-state index in [1.54, 1.807) is 29.2 Å². The topological polar surface area (TPSA) is 38.8 Å². The van der Waals surface area contributed by atoms with Crippen molar-refractivity contribution in [2.45, 2.75) is 36.6 Å². The lowest BCUT2D eigenvalue weighted by atomic mass is 9.76. The van der Waals surface area contributed by atoms with Gasteiger partial charge in [-0.3, -0.25) is 4.79 Å². The van der Waals surface area contributed by atoms with Gasteiger partial charge in [-0.2, -0.15) is 0 Å². The van der Waals surface area contributed by atoms with Crippen molar-refractivity contribution in [3.8, 4) is 11.5 Å². The molecule has 4 nitrogen and oxygen atoms in total. The molecule has 1 amide bonds. The number of anilines is 1. The van der Waals surface area contributed by atoms with Gasteiger partial charge in [0.05, 0.1) is 6.54 Å². The minimum atomic E-state index is -1.19. The van der Waals surface area contributed by atoms with E-state index < -0.39 is 17.2 Å². The fourth-order valence-corrected chi connectivity index (χ4v) is 5.47. The van der Waals surface area contributed by atoms with Crippen LogP contribution < -0.4 is 14.4 Å². The lowest BCUT2D eigenvalue weighted by Gasteiger charge is -2.23. The average molecular weight is 431 g/mol.